The Morgan fingerprint density at radius 3 is 2.42 bits per heavy atom. The van der Waals surface area contributed by atoms with Crippen molar-refractivity contribution in [1.82, 2.24) is 14.5 Å². The van der Waals surface area contributed by atoms with Gasteiger partial charge in [0.25, 0.3) is 5.56 Å². The van der Waals surface area contributed by atoms with Crippen molar-refractivity contribution in [2.45, 2.75) is 49.3 Å². The van der Waals surface area contributed by atoms with E-state index in [-0.39, 0.29) is 30.7 Å². The van der Waals surface area contributed by atoms with Crippen molar-refractivity contribution in [3.8, 4) is 17.0 Å². The number of pyridine rings is 1. The molecule has 0 aliphatic rings. The summed E-state index contributed by atoms with van der Waals surface area (Å²) in [7, 11) is -3.26. The number of aromatic nitrogens is 3. The third kappa shape index (κ3) is 5.81. The van der Waals surface area contributed by atoms with Crippen LogP contribution in [0.2, 0.25) is 0 Å². The van der Waals surface area contributed by atoms with Crippen LogP contribution in [0.1, 0.15) is 36.8 Å². The van der Waals surface area contributed by atoms with Crippen molar-refractivity contribution in [3.63, 3.8) is 0 Å². The summed E-state index contributed by atoms with van der Waals surface area (Å²) in [4.78, 5) is 20.6. The number of methoxy groups -OCH3 is 1. The lowest BCUT2D eigenvalue weighted by atomic mass is 10.0. The first-order valence-electron chi connectivity index (χ1n) is 12.5. The summed E-state index contributed by atoms with van der Waals surface area (Å²) in [6.45, 7) is 5.15. The lowest BCUT2D eigenvalue weighted by Gasteiger charge is -2.24. The molecule has 2 heterocycles. The van der Waals surface area contributed by atoms with E-state index >= 15 is 4.39 Å². The maximum Gasteiger partial charge on any atom is 0.277 e. The maximum atomic E-state index is 15.3. The number of ether oxygens (including phenoxy) is 2. The molecule has 11 heteroatoms. The van der Waals surface area contributed by atoms with Crippen LogP contribution in [0.5, 0.6) is 5.88 Å². The zero-order chi connectivity index (χ0) is 29.0. The van der Waals surface area contributed by atoms with Gasteiger partial charge in [0.15, 0.2) is 4.90 Å². The Balaban J connectivity index is 1.91. The predicted octanol–water partition coefficient (Wildman–Crippen LogP) is 4.45. The van der Waals surface area contributed by atoms with Crippen LogP contribution in [0.25, 0.3) is 11.1 Å². The van der Waals surface area contributed by atoms with Gasteiger partial charge in [0.1, 0.15) is 18.2 Å². The van der Waals surface area contributed by atoms with E-state index < -0.39 is 42.9 Å². The first-order valence-corrected chi connectivity index (χ1v) is 14.0. The molecule has 9 nitrogen and oxygen atoms in total. The van der Waals surface area contributed by atoms with E-state index in [0.29, 0.717) is 16.7 Å². The number of hydrogen-bond donors (Lipinski definition) is 1. The van der Waals surface area contributed by atoms with E-state index in [9.17, 15) is 18.3 Å². The molecule has 40 heavy (non-hydrogen) atoms. The van der Waals surface area contributed by atoms with E-state index in [1.807, 2.05) is 0 Å². The second kappa shape index (κ2) is 12.1. The van der Waals surface area contributed by atoms with Gasteiger partial charge in [0, 0.05) is 25.1 Å². The van der Waals surface area contributed by atoms with Gasteiger partial charge in [-0.05, 0) is 55.7 Å². The number of halogens is 1. The molecule has 0 unspecified atom stereocenters. The molecule has 2 aromatic carbocycles. The molecule has 0 radical (unpaired) electrons. The lowest BCUT2D eigenvalue weighted by Crippen LogP contribution is -2.35. The van der Waals surface area contributed by atoms with Gasteiger partial charge in [-0.3, -0.25) is 14.3 Å². The number of benzene rings is 2. The predicted molar refractivity (Wildman–Crippen MR) is 146 cm³/mol. The molecule has 0 aliphatic heterocycles. The Hall–Kier alpha value is -3.93. The number of sulfone groups is 1. The Morgan fingerprint density at radius 1 is 1.07 bits per heavy atom. The van der Waals surface area contributed by atoms with Gasteiger partial charge in [0.2, 0.25) is 15.7 Å². The molecule has 2 aromatic heterocycles. The van der Waals surface area contributed by atoms with Gasteiger partial charge < -0.3 is 14.6 Å². The largest absolute Gasteiger partial charge is 0.492 e. The van der Waals surface area contributed by atoms with Crippen molar-refractivity contribution in [2.24, 2.45) is 0 Å². The fourth-order valence-electron chi connectivity index (χ4n) is 4.38. The molecule has 0 aliphatic carbocycles. The van der Waals surface area contributed by atoms with Gasteiger partial charge >= 0.3 is 0 Å². The Kier molecular flexibility index (Phi) is 8.77. The summed E-state index contributed by atoms with van der Waals surface area (Å²) in [5.41, 5.74) is 1.03. The van der Waals surface area contributed by atoms with Crippen LogP contribution < -0.4 is 5.56 Å². The van der Waals surface area contributed by atoms with Crippen molar-refractivity contribution in [1.29, 1.82) is 0 Å². The number of hydrogen-bond acceptors (Lipinski definition) is 8. The van der Waals surface area contributed by atoms with E-state index in [1.54, 1.807) is 63.4 Å². The normalized spacial score (nSPS) is 12.6. The van der Waals surface area contributed by atoms with Crippen LogP contribution in [-0.2, 0) is 25.9 Å². The van der Waals surface area contributed by atoms with Crippen LogP contribution in [-0.4, -0.2) is 47.9 Å². The van der Waals surface area contributed by atoms with E-state index in [4.69, 9.17) is 9.47 Å². The summed E-state index contributed by atoms with van der Waals surface area (Å²) in [5.74, 6) is -1.80. The SMILES string of the molecule is COC[C@@H](c1ccccc1)n1c(COC(C)C)nc(O)c(S(=O)(=O)c2ccc(-c3ccncc3C)c(F)c2)c1=O. The average molecular weight is 568 g/mol. The van der Waals surface area contributed by atoms with Crippen molar-refractivity contribution in [3.05, 3.63) is 100 Å². The first-order chi connectivity index (χ1) is 19.1. The summed E-state index contributed by atoms with van der Waals surface area (Å²) in [6.07, 6.45) is 2.84. The lowest BCUT2D eigenvalue weighted by molar-refractivity contribution is 0.0557. The number of aromatic hydroxyl groups is 1. The molecule has 1 N–H and O–H groups in total. The Labute approximate surface area is 231 Å². The molecule has 0 bridgehead atoms. The molecule has 0 fully saturated rings. The van der Waals surface area contributed by atoms with Crippen LogP contribution in [0.3, 0.4) is 0 Å². The molecule has 0 spiro atoms. The van der Waals surface area contributed by atoms with Crippen LogP contribution in [0.4, 0.5) is 4.39 Å². The third-order valence-corrected chi connectivity index (χ3v) is 8.09. The minimum atomic E-state index is -4.71. The fourth-order valence-corrected chi connectivity index (χ4v) is 5.73. The van der Waals surface area contributed by atoms with Crippen LogP contribution in [0, 0.1) is 12.7 Å². The molecule has 0 saturated heterocycles. The zero-order valence-corrected chi connectivity index (χ0v) is 23.4. The summed E-state index contributed by atoms with van der Waals surface area (Å²) in [5, 5.41) is 10.8. The highest BCUT2D eigenvalue weighted by molar-refractivity contribution is 7.91. The topological polar surface area (TPSA) is 121 Å². The highest BCUT2D eigenvalue weighted by atomic mass is 32.2. The number of aryl methyl sites for hydroxylation is 1. The highest BCUT2D eigenvalue weighted by Crippen LogP contribution is 2.31. The summed E-state index contributed by atoms with van der Waals surface area (Å²) >= 11 is 0. The first kappa shape index (κ1) is 29.1. The van der Waals surface area contributed by atoms with Gasteiger partial charge in [-0.25, -0.2) is 12.8 Å². The molecule has 4 rings (SSSR count). The van der Waals surface area contributed by atoms with Crippen LogP contribution in [0.15, 0.2) is 81.6 Å². The number of nitrogens with zero attached hydrogens (tertiary/aromatic N) is 3. The smallest absolute Gasteiger partial charge is 0.277 e. The fraction of sp³-hybridized carbons (Fsp3) is 0.276. The maximum absolute atomic E-state index is 15.3. The monoisotopic (exact) mass is 567 g/mol. The van der Waals surface area contributed by atoms with E-state index in [1.165, 1.54) is 25.4 Å². The molecule has 0 saturated carbocycles. The van der Waals surface area contributed by atoms with E-state index in [0.717, 1.165) is 10.6 Å². The van der Waals surface area contributed by atoms with Gasteiger partial charge in [-0.1, -0.05) is 36.4 Å². The summed E-state index contributed by atoms with van der Waals surface area (Å²) in [6, 6.07) is 13.0. The van der Waals surface area contributed by atoms with Gasteiger partial charge in [0.05, 0.1) is 23.6 Å². The second-order valence-corrected chi connectivity index (χ2v) is 11.3. The van der Waals surface area contributed by atoms with E-state index in [2.05, 4.69) is 9.97 Å². The molecule has 4 aromatic rings. The third-order valence-electron chi connectivity index (χ3n) is 6.33. The molecule has 210 valence electrons. The number of rotatable bonds is 10. The zero-order valence-electron chi connectivity index (χ0n) is 22.5. The highest BCUT2D eigenvalue weighted by Gasteiger charge is 2.32. The van der Waals surface area contributed by atoms with Crippen molar-refractivity contribution < 1.29 is 27.4 Å². The van der Waals surface area contributed by atoms with Crippen molar-refractivity contribution in [2.75, 3.05) is 13.7 Å². The molecule has 1 atom stereocenters. The Bertz CT molecular complexity index is 1670. The standard InChI is InChI=1S/C29H30FN3O6S/c1-18(2)39-17-26-32-28(34)27(29(35)33(26)25(16-38-4)20-8-6-5-7-9-20)40(36,37)21-10-11-23(24(30)14-21)22-12-13-31-15-19(22)3/h5-15,18,25,34H,16-17H2,1-4H3/t25-/m0/s1. The minimum Gasteiger partial charge on any atom is -0.492 e. The average Bonchev–Trinajstić information content (AvgIpc) is 2.91. The minimum absolute atomic E-state index is 0.000843. The van der Waals surface area contributed by atoms with Gasteiger partial charge in [-0.2, -0.15) is 4.98 Å². The molecule has 0 amide bonds. The second-order valence-electron chi connectivity index (χ2n) is 9.43. The van der Waals surface area contributed by atoms with Crippen LogP contribution >= 0.6 is 0 Å². The Morgan fingerprint density at radius 2 is 1.80 bits per heavy atom. The van der Waals surface area contributed by atoms with Gasteiger partial charge in [-0.15, -0.1) is 0 Å². The molecular formula is C29H30FN3O6S. The molecular weight excluding hydrogens is 537 g/mol. The quantitative estimate of drug-likeness (QED) is 0.298. The summed E-state index contributed by atoms with van der Waals surface area (Å²) < 4.78 is 54.9. The van der Waals surface area contributed by atoms with Crippen molar-refractivity contribution >= 4 is 9.84 Å².